The fourth-order valence-corrected chi connectivity index (χ4v) is 3.09. The van der Waals surface area contributed by atoms with Crippen LogP contribution in [0, 0.1) is 12.7 Å². The first-order valence-corrected chi connectivity index (χ1v) is 8.98. The minimum absolute atomic E-state index is 0.231. The summed E-state index contributed by atoms with van der Waals surface area (Å²) >= 11 is 1.79. The molecule has 0 aliphatic heterocycles. The molecule has 4 heteroatoms. The van der Waals surface area contributed by atoms with Gasteiger partial charge in [-0.1, -0.05) is 36.4 Å². The number of aromatic nitrogens is 2. The van der Waals surface area contributed by atoms with E-state index in [4.69, 9.17) is 0 Å². The van der Waals surface area contributed by atoms with Gasteiger partial charge in [0.2, 0.25) is 0 Å². The number of hydrogen-bond acceptors (Lipinski definition) is 2. The summed E-state index contributed by atoms with van der Waals surface area (Å²) < 4.78 is 14.4. The number of H-pyrrole nitrogens is 1. The Morgan fingerprint density at radius 1 is 1.13 bits per heavy atom. The largest absolute Gasteiger partial charge is 0.281 e. The summed E-state index contributed by atoms with van der Waals surface area (Å²) in [7, 11) is 0. The van der Waals surface area contributed by atoms with Crippen LogP contribution >= 0.6 is 11.8 Å². The van der Waals surface area contributed by atoms with Gasteiger partial charge in [0.25, 0.3) is 0 Å². The molecule has 0 bridgehead atoms. The van der Waals surface area contributed by atoms with Gasteiger partial charge in [0.05, 0.1) is 0 Å². The maximum atomic E-state index is 14.4. The first-order valence-electron chi connectivity index (χ1n) is 7.59. The predicted molar refractivity (Wildman–Crippen MR) is 96.2 cm³/mol. The van der Waals surface area contributed by atoms with E-state index in [2.05, 4.69) is 16.5 Å². The highest BCUT2D eigenvalue weighted by Crippen LogP contribution is 2.35. The molecule has 3 rings (SSSR count). The number of nitrogens with zero attached hydrogens (tertiary/aromatic N) is 1. The summed E-state index contributed by atoms with van der Waals surface area (Å²) in [5.41, 5.74) is 5.26. The normalized spacial score (nSPS) is 10.9. The van der Waals surface area contributed by atoms with Gasteiger partial charge in [0.1, 0.15) is 11.5 Å². The number of aryl methyl sites for hydroxylation is 2. The van der Waals surface area contributed by atoms with Crippen molar-refractivity contribution in [3.05, 3.63) is 65.6 Å². The summed E-state index contributed by atoms with van der Waals surface area (Å²) in [4.78, 5) is 0. The molecule has 118 valence electrons. The Morgan fingerprint density at radius 2 is 1.91 bits per heavy atom. The van der Waals surface area contributed by atoms with E-state index >= 15 is 0 Å². The number of thioether (sulfide) groups is 1. The van der Waals surface area contributed by atoms with Crippen LogP contribution in [-0.4, -0.2) is 22.2 Å². The van der Waals surface area contributed by atoms with E-state index in [0.29, 0.717) is 11.3 Å². The quantitative estimate of drug-likeness (QED) is 0.707. The molecule has 23 heavy (non-hydrogen) atoms. The molecular formula is C19H19FN2S. The zero-order chi connectivity index (χ0) is 16.2. The van der Waals surface area contributed by atoms with Crippen LogP contribution in [0.5, 0.6) is 0 Å². The first kappa shape index (κ1) is 15.8. The third-order valence-corrected chi connectivity index (χ3v) is 4.45. The minimum Gasteiger partial charge on any atom is -0.281 e. The second kappa shape index (κ2) is 7.01. The minimum atomic E-state index is -0.231. The Hall–Kier alpha value is -2.07. The van der Waals surface area contributed by atoms with Crippen molar-refractivity contribution in [2.75, 3.05) is 12.0 Å². The highest BCUT2D eigenvalue weighted by molar-refractivity contribution is 7.98. The van der Waals surface area contributed by atoms with Crippen LogP contribution in [0.15, 0.2) is 48.5 Å². The molecule has 0 unspecified atom stereocenters. The Labute approximate surface area is 140 Å². The first-order chi connectivity index (χ1) is 11.2. The third-order valence-electron chi connectivity index (χ3n) is 3.84. The number of aromatic amines is 1. The molecular weight excluding hydrogens is 307 g/mol. The molecule has 0 aliphatic rings. The van der Waals surface area contributed by atoms with Gasteiger partial charge in [-0.2, -0.15) is 16.9 Å². The molecule has 0 saturated carbocycles. The van der Waals surface area contributed by atoms with Gasteiger partial charge < -0.3 is 0 Å². The smallest absolute Gasteiger partial charge is 0.132 e. The topological polar surface area (TPSA) is 28.7 Å². The average Bonchev–Trinajstić information content (AvgIpc) is 2.97. The third kappa shape index (κ3) is 3.32. The summed E-state index contributed by atoms with van der Waals surface area (Å²) in [6, 6.07) is 15.4. The number of benzene rings is 2. The second-order valence-electron chi connectivity index (χ2n) is 5.52. The van der Waals surface area contributed by atoms with Crippen LogP contribution in [0.4, 0.5) is 4.39 Å². The maximum absolute atomic E-state index is 14.4. The van der Waals surface area contributed by atoms with Crippen LogP contribution in [0.1, 0.15) is 11.3 Å². The molecule has 1 aromatic heterocycles. The van der Waals surface area contributed by atoms with Gasteiger partial charge >= 0.3 is 0 Å². The molecule has 0 spiro atoms. The molecule has 0 amide bonds. The van der Waals surface area contributed by atoms with Gasteiger partial charge in [-0.25, -0.2) is 4.39 Å². The molecule has 1 heterocycles. The van der Waals surface area contributed by atoms with Crippen LogP contribution in [0.2, 0.25) is 0 Å². The summed E-state index contributed by atoms with van der Waals surface area (Å²) in [5.74, 6) is 0.766. The van der Waals surface area contributed by atoms with Gasteiger partial charge in [0.15, 0.2) is 0 Å². The van der Waals surface area contributed by atoms with Gasteiger partial charge in [-0.05, 0) is 48.6 Å². The van der Waals surface area contributed by atoms with Crippen molar-refractivity contribution < 1.29 is 4.39 Å². The maximum Gasteiger partial charge on any atom is 0.132 e. The van der Waals surface area contributed by atoms with E-state index in [9.17, 15) is 4.39 Å². The molecule has 3 aromatic rings. The SMILES string of the molecule is CSCCc1[nH]nc(-c2ccc(C)cc2F)c1-c1ccccc1. The van der Waals surface area contributed by atoms with Crippen molar-refractivity contribution >= 4 is 11.8 Å². The molecule has 0 radical (unpaired) electrons. The Kier molecular flexibility index (Phi) is 4.82. The highest BCUT2D eigenvalue weighted by Gasteiger charge is 2.18. The Morgan fingerprint density at radius 3 is 2.61 bits per heavy atom. The fourth-order valence-electron chi connectivity index (χ4n) is 2.69. The van der Waals surface area contributed by atoms with E-state index < -0.39 is 0 Å². The van der Waals surface area contributed by atoms with E-state index in [1.807, 2.05) is 49.4 Å². The van der Waals surface area contributed by atoms with E-state index in [0.717, 1.165) is 34.6 Å². The van der Waals surface area contributed by atoms with Crippen molar-refractivity contribution in [2.45, 2.75) is 13.3 Å². The van der Waals surface area contributed by atoms with E-state index in [1.165, 1.54) is 0 Å². The molecule has 0 atom stereocenters. The molecule has 0 fully saturated rings. The lowest BCUT2D eigenvalue weighted by Crippen LogP contribution is -1.93. The van der Waals surface area contributed by atoms with E-state index in [-0.39, 0.29) is 5.82 Å². The summed E-state index contributed by atoms with van der Waals surface area (Å²) in [5, 5.41) is 7.55. The van der Waals surface area contributed by atoms with Crippen molar-refractivity contribution in [3.8, 4) is 22.4 Å². The zero-order valence-corrected chi connectivity index (χ0v) is 14.1. The predicted octanol–water partition coefficient (Wildman–Crippen LogP) is 5.10. The van der Waals surface area contributed by atoms with Crippen LogP contribution in [0.25, 0.3) is 22.4 Å². The highest BCUT2D eigenvalue weighted by atomic mass is 32.2. The zero-order valence-electron chi connectivity index (χ0n) is 13.3. The monoisotopic (exact) mass is 326 g/mol. The summed E-state index contributed by atoms with van der Waals surface area (Å²) in [6.07, 6.45) is 2.96. The Bertz CT molecular complexity index is 796. The molecule has 2 aromatic carbocycles. The van der Waals surface area contributed by atoms with Crippen LogP contribution in [-0.2, 0) is 6.42 Å². The van der Waals surface area contributed by atoms with Crippen molar-refractivity contribution in [2.24, 2.45) is 0 Å². The van der Waals surface area contributed by atoms with Crippen molar-refractivity contribution in [1.29, 1.82) is 0 Å². The van der Waals surface area contributed by atoms with Crippen molar-refractivity contribution in [1.82, 2.24) is 10.2 Å². The molecule has 0 aliphatic carbocycles. The average molecular weight is 326 g/mol. The number of halogens is 1. The van der Waals surface area contributed by atoms with Crippen LogP contribution < -0.4 is 0 Å². The number of rotatable bonds is 5. The summed E-state index contributed by atoms with van der Waals surface area (Å²) in [6.45, 7) is 1.89. The van der Waals surface area contributed by atoms with Crippen LogP contribution in [0.3, 0.4) is 0 Å². The second-order valence-corrected chi connectivity index (χ2v) is 6.50. The molecule has 0 saturated heterocycles. The number of nitrogens with one attached hydrogen (secondary N) is 1. The van der Waals surface area contributed by atoms with Gasteiger partial charge in [0, 0.05) is 16.8 Å². The molecule has 1 N–H and O–H groups in total. The molecule has 2 nitrogen and oxygen atoms in total. The van der Waals surface area contributed by atoms with E-state index in [1.54, 1.807) is 17.8 Å². The standard InChI is InChI=1S/C19H19FN2S/c1-13-8-9-15(16(20)12-13)19-18(14-6-4-3-5-7-14)17(21-22-19)10-11-23-2/h3-9,12H,10-11H2,1-2H3,(H,21,22). The van der Waals surface area contributed by atoms with Gasteiger partial charge in [-0.15, -0.1) is 0 Å². The van der Waals surface area contributed by atoms with Gasteiger partial charge in [-0.3, -0.25) is 5.10 Å². The number of hydrogen-bond donors (Lipinski definition) is 1. The lowest BCUT2D eigenvalue weighted by molar-refractivity contribution is 0.629. The Balaban J connectivity index is 2.15. The lowest BCUT2D eigenvalue weighted by atomic mass is 9.97. The lowest BCUT2D eigenvalue weighted by Gasteiger charge is -2.08. The fraction of sp³-hybridized carbons (Fsp3) is 0.211. The van der Waals surface area contributed by atoms with Crippen molar-refractivity contribution in [3.63, 3.8) is 0 Å².